The third-order valence-electron chi connectivity index (χ3n) is 3.78. The molecule has 0 aliphatic carbocycles. The molecule has 0 radical (unpaired) electrons. The van der Waals surface area contributed by atoms with E-state index in [1.54, 1.807) is 6.07 Å². The Kier molecular flexibility index (Phi) is 7.57. The normalized spacial score (nSPS) is 11.2. The molecule has 28 heavy (non-hydrogen) atoms. The van der Waals surface area contributed by atoms with Crippen molar-refractivity contribution in [3.05, 3.63) is 57.6 Å². The number of ether oxygens (including phenoxy) is 1. The van der Waals surface area contributed by atoms with Crippen LogP contribution in [0.25, 0.3) is 0 Å². The fraction of sp³-hybridized carbons (Fsp3) is 0.316. The molecule has 2 aromatic rings. The SMILES string of the molecule is Cc1cc(C)cc(OCCNC(=O)CN(c2cccc(Cl)c2Cl)S(C)(=O)=O)c1. The van der Waals surface area contributed by atoms with Crippen LogP contribution < -0.4 is 14.4 Å². The van der Waals surface area contributed by atoms with Gasteiger partial charge in [0.2, 0.25) is 15.9 Å². The minimum atomic E-state index is -3.74. The van der Waals surface area contributed by atoms with Crippen LogP contribution in [0.15, 0.2) is 36.4 Å². The van der Waals surface area contributed by atoms with E-state index < -0.39 is 22.5 Å². The molecular weight excluding hydrogens is 423 g/mol. The third-order valence-corrected chi connectivity index (χ3v) is 5.71. The van der Waals surface area contributed by atoms with Gasteiger partial charge in [-0.25, -0.2) is 8.42 Å². The van der Waals surface area contributed by atoms with E-state index in [0.29, 0.717) is 0 Å². The maximum Gasteiger partial charge on any atom is 0.240 e. The highest BCUT2D eigenvalue weighted by atomic mass is 35.5. The zero-order valence-electron chi connectivity index (χ0n) is 15.8. The largest absolute Gasteiger partial charge is 0.492 e. The molecule has 152 valence electrons. The molecule has 6 nitrogen and oxygen atoms in total. The Bertz CT molecular complexity index is 944. The van der Waals surface area contributed by atoms with E-state index in [4.69, 9.17) is 27.9 Å². The summed E-state index contributed by atoms with van der Waals surface area (Å²) in [7, 11) is -3.74. The minimum Gasteiger partial charge on any atom is -0.492 e. The highest BCUT2D eigenvalue weighted by molar-refractivity contribution is 7.92. The zero-order chi connectivity index (χ0) is 20.9. The summed E-state index contributed by atoms with van der Waals surface area (Å²) in [4.78, 5) is 12.2. The monoisotopic (exact) mass is 444 g/mol. The summed E-state index contributed by atoms with van der Waals surface area (Å²) in [6, 6.07) is 10.4. The zero-order valence-corrected chi connectivity index (χ0v) is 18.2. The standard InChI is InChI=1S/C19H22Cl2N2O4S/c1-13-9-14(2)11-15(10-13)27-8-7-22-18(24)12-23(28(3,25)26)17-6-4-5-16(20)19(17)21/h4-6,9-11H,7-8,12H2,1-3H3,(H,22,24). The third kappa shape index (κ3) is 6.29. The predicted molar refractivity (Wildman–Crippen MR) is 113 cm³/mol. The first-order valence-electron chi connectivity index (χ1n) is 8.47. The molecule has 0 heterocycles. The lowest BCUT2D eigenvalue weighted by atomic mass is 10.1. The molecule has 0 saturated heterocycles. The number of carbonyl (C=O) groups excluding carboxylic acids is 1. The van der Waals surface area contributed by atoms with Gasteiger partial charge in [0.25, 0.3) is 0 Å². The number of nitrogens with one attached hydrogen (secondary N) is 1. The lowest BCUT2D eigenvalue weighted by Gasteiger charge is -2.23. The number of halogens is 2. The maximum absolute atomic E-state index is 12.2. The van der Waals surface area contributed by atoms with Gasteiger partial charge in [-0.3, -0.25) is 9.10 Å². The Morgan fingerprint density at radius 1 is 1.14 bits per heavy atom. The van der Waals surface area contributed by atoms with Crippen molar-refractivity contribution in [3.63, 3.8) is 0 Å². The van der Waals surface area contributed by atoms with Crippen molar-refractivity contribution < 1.29 is 17.9 Å². The average Bonchev–Trinajstić information content (AvgIpc) is 2.58. The number of rotatable bonds is 8. The van der Waals surface area contributed by atoms with E-state index in [1.165, 1.54) is 12.1 Å². The topological polar surface area (TPSA) is 75.7 Å². The highest BCUT2D eigenvalue weighted by Gasteiger charge is 2.23. The first kappa shape index (κ1) is 22.3. The van der Waals surface area contributed by atoms with E-state index in [9.17, 15) is 13.2 Å². The molecule has 0 bridgehead atoms. The van der Waals surface area contributed by atoms with Gasteiger partial charge in [0.15, 0.2) is 0 Å². The summed E-state index contributed by atoms with van der Waals surface area (Å²) in [5.41, 5.74) is 2.32. The molecule has 0 spiro atoms. The van der Waals surface area contributed by atoms with Gasteiger partial charge in [-0.15, -0.1) is 0 Å². The van der Waals surface area contributed by atoms with Gasteiger partial charge in [-0.2, -0.15) is 0 Å². The molecule has 2 rings (SSSR count). The summed E-state index contributed by atoms with van der Waals surface area (Å²) in [5.74, 6) is 0.237. The van der Waals surface area contributed by atoms with Gasteiger partial charge in [0.1, 0.15) is 18.9 Å². The van der Waals surface area contributed by atoms with Crippen LogP contribution in [0.4, 0.5) is 5.69 Å². The van der Waals surface area contributed by atoms with Crippen molar-refractivity contribution in [1.82, 2.24) is 5.32 Å². The summed E-state index contributed by atoms with van der Waals surface area (Å²) in [5, 5.41) is 2.92. The smallest absolute Gasteiger partial charge is 0.240 e. The Hall–Kier alpha value is -1.96. The summed E-state index contributed by atoms with van der Waals surface area (Å²) in [6.07, 6.45) is 1.00. The van der Waals surface area contributed by atoms with Gasteiger partial charge >= 0.3 is 0 Å². The van der Waals surface area contributed by atoms with Gasteiger partial charge in [-0.1, -0.05) is 35.3 Å². The Morgan fingerprint density at radius 2 is 1.79 bits per heavy atom. The first-order valence-corrected chi connectivity index (χ1v) is 11.1. The maximum atomic E-state index is 12.2. The lowest BCUT2D eigenvalue weighted by Crippen LogP contribution is -2.41. The molecule has 1 amide bonds. The van der Waals surface area contributed by atoms with Crippen LogP contribution in [-0.4, -0.2) is 40.3 Å². The predicted octanol–water partition coefficient (Wildman–Crippen LogP) is 3.57. The van der Waals surface area contributed by atoms with Crippen LogP contribution in [0, 0.1) is 13.8 Å². The number of aryl methyl sites for hydroxylation is 2. The average molecular weight is 445 g/mol. The van der Waals surface area contributed by atoms with Crippen molar-refractivity contribution in [1.29, 1.82) is 0 Å². The fourth-order valence-corrected chi connectivity index (χ4v) is 3.94. The molecule has 9 heteroatoms. The molecule has 2 aromatic carbocycles. The number of amides is 1. The molecule has 0 atom stereocenters. The van der Waals surface area contributed by atoms with Gasteiger partial charge < -0.3 is 10.1 Å². The molecule has 0 aromatic heterocycles. The van der Waals surface area contributed by atoms with E-state index in [2.05, 4.69) is 5.32 Å². The molecular formula is C19H22Cl2N2O4S. The van der Waals surface area contributed by atoms with Crippen LogP contribution >= 0.6 is 23.2 Å². The van der Waals surface area contributed by atoms with Crippen molar-refractivity contribution in [2.45, 2.75) is 13.8 Å². The summed E-state index contributed by atoms with van der Waals surface area (Å²) in [6.45, 7) is 4.02. The molecule has 0 saturated carbocycles. The summed E-state index contributed by atoms with van der Waals surface area (Å²) >= 11 is 12.1. The molecule has 0 fully saturated rings. The lowest BCUT2D eigenvalue weighted by molar-refractivity contribution is -0.119. The van der Waals surface area contributed by atoms with Gasteiger partial charge in [0, 0.05) is 0 Å². The van der Waals surface area contributed by atoms with E-state index in [-0.39, 0.29) is 28.9 Å². The Morgan fingerprint density at radius 3 is 2.39 bits per heavy atom. The molecule has 0 aliphatic rings. The van der Waals surface area contributed by atoms with Gasteiger partial charge in [-0.05, 0) is 49.2 Å². The van der Waals surface area contributed by atoms with Crippen LogP contribution in [0.5, 0.6) is 5.75 Å². The molecule has 0 aliphatic heterocycles. The number of hydrogen-bond acceptors (Lipinski definition) is 4. The number of nitrogens with zero attached hydrogens (tertiary/aromatic N) is 1. The van der Waals surface area contributed by atoms with Crippen LogP contribution in [0.2, 0.25) is 10.0 Å². The van der Waals surface area contributed by atoms with Gasteiger partial charge in [0.05, 0.1) is 28.5 Å². The number of hydrogen-bond donors (Lipinski definition) is 1. The van der Waals surface area contributed by atoms with E-state index >= 15 is 0 Å². The Balaban J connectivity index is 1.96. The second-order valence-corrected chi connectivity index (χ2v) is 9.06. The van der Waals surface area contributed by atoms with Crippen LogP contribution in [0.1, 0.15) is 11.1 Å². The number of anilines is 1. The number of sulfonamides is 1. The quantitative estimate of drug-likeness (QED) is 0.631. The Labute approximate surface area is 175 Å². The number of benzene rings is 2. The van der Waals surface area contributed by atoms with E-state index in [0.717, 1.165) is 27.4 Å². The molecule has 1 N–H and O–H groups in total. The van der Waals surface area contributed by atoms with E-state index in [1.807, 2.05) is 32.0 Å². The first-order chi connectivity index (χ1) is 13.1. The second kappa shape index (κ2) is 9.49. The van der Waals surface area contributed by atoms with Crippen molar-refractivity contribution in [2.24, 2.45) is 0 Å². The van der Waals surface area contributed by atoms with Crippen molar-refractivity contribution >= 4 is 44.8 Å². The highest BCUT2D eigenvalue weighted by Crippen LogP contribution is 2.33. The van der Waals surface area contributed by atoms with Crippen molar-refractivity contribution in [3.8, 4) is 5.75 Å². The number of carbonyl (C=O) groups is 1. The van der Waals surface area contributed by atoms with Crippen LogP contribution in [-0.2, 0) is 14.8 Å². The van der Waals surface area contributed by atoms with Crippen LogP contribution in [0.3, 0.4) is 0 Å². The second-order valence-electron chi connectivity index (χ2n) is 6.36. The van der Waals surface area contributed by atoms with Crippen molar-refractivity contribution in [2.75, 3.05) is 30.3 Å². The molecule has 0 unspecified atom stereocenters. The minimum absolute atomic E-state index is 0.0699. The fourth-order valence-electron chi connectivity index (χ4n) is 2.63. The summed E-state index contributed by atoms with van der Waals surface area (Å²) < 4.78 is 30.8.